The van der Waals surface area contributed by atoms with Crippen LogP contribution in [0.1, 0.15) is 34.0 Å². The van der Waals surface area contributed by atoms with Gasteiger partial charge in [0.05, 0.1) is 11.0 Å². The van der Waals surface area contributed by atoms with Gasteiger partial charge in [0.15, 0.2) is 5.72 Å². The maximum absolute atomic E-state index is 14.2. The number of aliphatic hydroxyl groups is 1. The minimum Gasteiger partial charge on any atom is -0.465 e. The van der Waals surface area contributed by atoms with E-state index < -0.39 is 17.7 Å². The molecule has 1 atom stereocenters. The molecule has 172 valence electrons. The third kappa shape index (κ3) is 3.05. The van der Waals surface area contributed by atoms with E-state index >= 15 is 0 Å². The number of carboxylic acid groups (broad SMARTS) is 1. The number of aromatic amines is 1. The van der Waals surface area contributed by atoms with Gasteiger partial charge in [0, 0.05) is 29.4 Å². The average molecular weight is 460 g/mol. The minimum absolute atomic E-state index is 0.123. The summed E-state index contributed by atoms with van der Waals surface area (Å²) in [6.45, 7) is 1.81. The highest BCUT2D eigenvalue weighted by Crippen LogP contribution is 2.45. The number of benzene rings is 3. The number of aryl methyl sites for hydroxylation is 1. The molecule has 1 aromatic heterocycles. The Hall–Kier alpha value is -4.24. The van der Waals surface area contributed by atoms with Gasteiger partial charge < -0.3 is 15.2 Å². The summed E-state index contributed by atoms with van der Waals surface area (Å²) in [6, 6.07) is 16.0. The first-order valence-corrected chi connectivity index (χ1v) is 10.7. The van der Waals surface area contributed by atoms with Crippen molar-refractivity contribution >= 4 is 34.7 Å². The Morgan fingerprint density at radius 2 is 1.94 bits per heavy atom. The normalized spacial score (nSPS) is 17.3. The second kappa shape index (κ2) is 7.67. The highest BCUT2D eigenvalue weighted by Gasteiger charge is 2.50. The number of rotatable bonds is 4. The first-order valence-electron chi connectivity index (χ1n) is 10.7. The van der Waals surface area contributed by atoms with Crippen LogP contribution in [0.4, 0.5) is 20.8 Å². The molecule has 8 nitrogen and oxygen atoms in total. The molecular formula is C25H21FN4O4. The van der Waals surface area contributed by atoms with Gasteiger partial charge >= 0.3 is 6.09 Å². The van der Waals surface area contributed by atoms with Gasteiger partial charge in [-0.15, -0.1) is 0 Å². The van der Waals surface area contributed by atoms with Crippen LogP contribution < -0.4 is 9.80 Å². The molecule has 0 aliphatic carbocycles. The summed E-state index contributed by atoms with van der Waals surface area (Å²) in [5.41, 5.74) is 0.983. The number of amides is 2. The van der Waals surface area contributed by atoms with Crippen LogP contribution in [0.3, 0.4) is 0 Å². The fourth-order valence-corrected chi connectivity index (χ4v) is 4.38. The van der Waals surface area contributed by atoms with Crippen molar-refractivity contribution in [3.05, 3.63) is 88.7 Å². The van der Waals surface area contributed by atoms with Gasteiger partial charge in [-0.05, 0) is 48.4 Å². The molecule has 4 aromatic rings. The minimum atomic E-state index is -1.88. The van der Waals surface area contributed by atoms with Crippen molar-refractivity contribution in [3.63, 3.8) is 0 Å². The van der Waals surface area contributed by atoms with Gasteiger partial charge in [-0.3, -0.25) is 14.6 Å². The Bertz CT molecular complexity index is 1470. The summed E-state index contributed by atoms with van der Waals surface area (Å²) in [7, 11) is 1.36. The number of hydrogen-bond acceptors (Lipinski definition) is 4. The first-order chi connectivity index (χ1) is 16.3. The number of carbonyl (C=O) groups is 2. The van der Waals surface area contributed by atoms with Crippen LogP contribution in [0.25, 0.3) is 11.0 Å². The number of hydrogen-bond donors (Lipinski definition) is 3. The summed E-state index contributed by atoms with van der Waals surface area (Å²) in [5.74, 6) is -0.673. The molecule has 34 heavy (non-hydrogen) atoms. The van der Waals surface area contributed by atoms with Crippen LogP contribution in [-0.2, 0) is 12.1 Å². The number of H-pyrrole nitrogens is 1. The van der Waals surface area contributed by atoms with Crippen LogP contribution in [0.15, 0.2) is 60.7 Å². The predicted octanol–water partition coefficient (Wildman–Crippen LogP) is 4.23. The molecule has 2 heterocycles. The molecular weight excluding hydrogens is 439 g/mol. The molecule has 3 N–H and O–H groups in total. The Morgan fingerprint density at radius 1 is 1.18 bits per heavy atom. The Balaban J connectivity index is 1.71. The van der Waals surface area contributed by atoms with Crippen LogP contribution in [0, 0.1) is 5.82 Å². The quantitative estimate of drug-likeness (QED) is 0.422. The molecule has 9 heteroatoms. The van der Waals surface area contributed by atoms with Crippen molar-refractivity contribution in [1.29, 1.82) is 0 Å². The second-order valence-corrected chi connectivity index (χ2v) is 8.12. The van der Waals surface area contributed by atoms with E-state index in [0.29, 0.717) is 45.4 Å². The molecule has 0 radical (unpaired) electrons. The summed E-state index contributed by atoms with van der Waals surface area (Å²) >= 11 is 0. The van der Waals surface area contributed by atoms with E-state index in [9.17, 15) is 24.2 Å². The van der Waals surface area contributed by atoms with Crippen molar-refractivity contribution in [3.8, 4) is 0 Å². The molecule has 0 bridgehead atoms. The Labute approximate surface area is 193 Å². The van der Waals surface area contributed by atoms with Gasteiger partial charge in [0.1, 0.15) is 5.82 Å². The molecule has 0 saturated heterocycles. The van der Waals surface area contributed by atoms with Gasteiger partial charge in [-0.1, -0.05) is 31.2 Å². The molecule has 5 rings (SSSR count). The standard InChI is InChI=1S/C25H21FN4O4/c1-3-14-12-16(9-10-19(14)26)30-22(31)17-6-4-5-7-18(17)25(30,34)15-8-11-20-21(13-15)28-23(27-20)29(2)24(32)33/h4-13,34H,3H2,1-2H3,(H,27,28)(H,32,33). The van der Waals surface area contributed by atoms with Gasteiger partial charge in [0.2, 0.25) is 5.95 Å². The highest BCUT2D eigenvalue weighted by atomic mass is 19.1. The van der Waals surface area contributed by atoms with E-state index in [1.807, 2.05) is 6.92 Å². The summed E-state index contributed by atoms with van der Waals surface area (Å²) in [5, 5.41) is 21.4. The molecule has 3 aromatic carbocycles. The predicted molar refractivity (Wildman–Crippen MR) is 125 cm³/mol. The van der Waals surface area contributed by atoms with Crippen LogP contribution in [0.2, 0.25) is 0 Å². The lowest BCUT2D eigenvalue weighted by Gasteiger charge is -2.35. The van der Waals surface area contributed by atoms with E-state index in [1.165, 1.54) is 24.1 Å². The van der Waals surface area contributed by atoms with Crippen molar-refractivity contribution < 1.29 is 24.2 Å². The monoisotopic (exact) mass is 460 g/mol. The number of aromatic nitrogens is 2. The molecule has 0 fully saturated rings. The average Bonchev–Trinajstić information content (AvgIpc) is 3.36. The number of halogens is 1. The number of carbonyl (C=O) groups excluding carboxylic acids is 1. The summed E-state index contributed by atoms with van der Waals surface area (Å²) in [6.07, 6.45) is -0.755. The van der Waals surface area contributed by atoms with Gasteiger partial charge in [-0.25, -0.2) is 14.2 Å². The summed E-state index contributed by atoms with van der Waals surface area (Å²) in [4.78, 5) is 34.2. The van der Waals surface area contributed by atoms with E-state index in [1.54, 1.807) is 48.5 Å². The SMILES string of the molecule is CCc1cc(N2C(=O)c3ccccc3C2(O)c2ccc3nc(N(C)C(=O)O)[nH]c3c2)ccc1F. The maximum atomic E-state index is 14.2. The largest absolute Gasteiger partial charge is 0.465 e. The third-order valence-corrected chi connectivity index (χ3v) is 6.20. The van der Waals surface area contributed by atoms with Crippen LogP contribution in [-0.4, -0.2) is 39.2 Å². The van der Waals surface area contributed by atoms with E-state index in [-0.39, 0.29) is 11.8 Å². The van der Waals surface area contributed by atoms with Crippen molar-refractivity contribution in [2.45, 2.75) is 19.1 Å². The second-order valence-electron chi connectivity index (χ2n) is 8.12. The zero-order valence-electron chi connectivity index (χ0n) is 18.4. The van der Waals surface area contributed by atoms with E-state index in [4.69, 9.17) is 0 Å². The lowest BCUT2D eigenvalue weighted by Crippen LogP contribution is -2.45. The lowest BCUT2D eigenvalue weighted by atomic mass is 9.93. The Kier molecular flexibility index (Phi) is 4.87. The van der Waals surface area contributed by atoms with Crippen molar-refractivity contribution in [2.75, 3.05) is 16.8 Å². The molecule has 1 aliphatic heterocycles. The maximum Gasteiger partial charge on any atom is 0.413 e. The topological polar surface area (TPSA) is 110 Å². The van der Waals surface area contributed by atoms with Crippen LogP contribution in [0.5, 0.6) is 0 Å². The van der Waals surface area contributed by atoms with Crippen molar-refractivity contribution in [1.82, 2.24) is 9.97 Å². The molecule has 0 spiro atoms. The smallest absolute Gasteiger partial charge is 0.413 e. The third-order valence-electron chi connectivity index (χ3n) is 6.20. The van der Waals surface area contributed by atoms with Crippen LogP contribution >= 0.6 is 0 Å². The lowest BCUT2D eigenvalue weighted by molar-refractivity contribution is 0.0704. The molecule has 2 amide bonds. The van der Waals surface area contributed by atoms with Gasteiger partial charge in [-0.2, -0.15) is 0 Å². The Morgan fingerprint density at radius 3 is 2.68 bits per heavy atom. The van der Waals surface area contributed by atoms with Crippen molar-refractivity contribution in [2.24, 2.45) is 0 Å². The zero-order chi connectivity index (χ0) is 24.2. The van der Waals surface area contributed by atoms with Gasteiger partial charge in [0.25, 0.3) is 5.91 Å². The highest BCUT2D eigenvalue weighted by molar-refractivity contribution is 6.12. The molecule has 1 aliphatic rings. The fourth-order valence-electron chi connectivity index (χ4n) is 4.38. The fraction of sp³-hybridized carbons (Fsp3) is 0.160. The molecule has 0 saturated carbocycles. The number of nitrogens with zero attached hydrogens (tertiary/aromatic N) is 3. The van der Waals surface area contributed by atoms with E-state index in [2.05, 4.69) is 9.97 Å². The first kappa shape index (κ1) is 21.6. The number of nitrogens with one attached hydrogen (secondary N) is 1. The molecule has 1 unspecified atom stereocenters. The zero-order valence-corrected chi connectivity index (χ0v) is 18.4. The number of fused-ring (bicyclic) bond motifs is 2. The van der Waals surface area contributed by atoms with E-state index in [0.717, 1.165) is 4.90 Å². The number of imidazole rings is 1. The number of anilines is 2. The summed E-state index contributed by atoms with van der Waals surface area (Å²) < 4.78 is 14.2.